The smallest absolute Gasteiger partial charge is 0.230 e. The number of carbonyl (C=O) groups excluding carboxylic acids is 1. The lowest BCUT2D eigenvalue weighted by atomic mass is 10.1. The molecule has 1 N–H and O–H groups in total. The van der Waals surface area contributed by atoms with Gasteiger partial charge >= 0.3 is 0 Å². The quantitative estimate of drug-likeness (QED) is 0.735. The van der Waals surface area contributed by atoms with Gasteiger partial charge in [0.1, 0.15) is 0 Å². The van der Waals surface area contributed by atoms with Gasteiger partial charge in [-0.2, -0.15) is 0 Å². The zero-order valence-electron chi connectivity index (χ0n) is 11.1. The Bertz CT molecular complexity index is 369. The van der Waals surface area contributed by atoms with Gasteiger partial charge in [-0.1, -0.05) is 24.3 Å². The summed E-state index contributed by atoms with van der Waals surface area (Å²) >= 11 is 1.65. The second kappa shape index (κ2) is 9.00. The van der Waals surface area contributed by atoms with Crippen LogP contribution in [-0.4, -0.2) is 31.9 Å². The van der Waals surface area contributed by atoms with E-state index in [1.807, 2.05) is 12.1 Å². The number of amides is 1. The molecule has 100 valence electrons. The van der Waals surface area contributed by atoms with E-state index in [1.54, 1.807) is 18.9 Å². The highest BCUT2D eigenvalue weighted by molar-refractivity contribution is 7.99. The summed E-state index contributed by atoms with van der Waals surface area (Å²) in [4.78, 5) is 11.5. The lowest BCUT2D eigenvalue weighted by Crippen LogP contribution is -2.26. The van der Waals surface area contributed by atoms with Crippen LogP contribution in [0.5, 0.6) is 0 Å². The van der Waals surface area contributed by atoms with E-state index in [0.717, 1.165) is 12.2 Å². The molecule has 0 spiro atoms. The Morgan fingerprint density at radius 2 is 2.17 bits per heavy atom. The highest BCUT2D eigenvalue weighted by Crippen LogP contribution is 2.15. The molecule has 0 saturated heterocycles. The largest absolute Gasteiger partial charge is 0.385 e. The topological polar surface area (TPSA) is 38.3 Å². The number of aryl methyl sites for hydroxylation is 1. The van der Waals surface area contributed by atoms with Crippen LogP contribution < -0.4 is 5.32 Å². The van der Waals surface area contributed by atoms with E-state index in [1.165, 1.54) is 11.1 Å². The van der Waals surface area contributed by atoms with Crippen molar-refractivity contribution in [3.63, 3.8) is 0 Å². The monoisotopic (exact) mass is 267 g/mol. The maximum absolute atomic E-state index is 11.5. The summed E-state index contributed by atoms with van der Waals surface area (Å²) in [6, 6.07) is 8.28. The number of methoxy groups -OCH3 is 1. The van der Waals surface area contributed by atoms with E-state index in [4.69, 9.17) is 4.74 Å². The van der Waals surface area contributed by atoms with Gasteiger partial charge in [-0.3, -0.25) is 4.79 Å². The molecule has 3 nitrogen and oxygen atoms in total. The maximum Gasteiger partial charge on any atom is 0.230 e. The van der Waals surface area contributed by atoms with E-state index in [-0.39, 0.29) is 5.91 Å². The average Bonchev–Trinajstić information content (AvgIpc) is 2.37. The Morgan fingerprint density at radius 3 is 2.89 bits per heavy atom. The molecule has 0 aliphatic rings. The van der Waals surface area contributed by atoms with Crippen LogP contribution in [0.15, 0.2) is 24.3 Å². The minimum atomic E-state index is 0.102. The standard InChI is InChI=1S/C14H21NO2S/c1-12-6-3-4-7-13(12)10-18-11-14(16)15-8-5-9-17-2/h3-4,6-7H,5,8-11H2,1-2H3,(H,15,16). The number of carbonyl (C=O) groups is 1. The summed E-state index contributed by atoms with van der Waals surface area (Å²) in [6.45, 7) is 3.48. The van der Waals surface area contributed by atoms with Crippen LogP contribution in [0.4, 0.5) is 0 Å². The zero-order chi connectivity index (χ0) is 13.2. The van der Waals surface area contributed by atoms with Crippen molar-refractivity contribution in [2.45, 2.75) is 19.1 Å². The highest BCUT2D eigenvalue weighted by atomic mass is 32.2. The Hall–Kier alpha value is -1.00. The number of thioether (sulfide) groups is 1. The molecular weight excluding hydrogens is 246 g/mol. The van der Waals surface area contributed by atoms with Gasteiger partial charge < -0.3 is 10.1 Å². The highest BCUT2D eigenvalue weighted by Gasteiger charge is 2.02. The van der Waals surface area contributed by atoms with Crippen molar-refractivity contribution in [2.75, 3.05) is 26.0 Å². The Kier molecular flexibility index (Phi) is 7.53. The molecular formula is C14H21NO2S. The van der Waals surface area contributed by atoms with Crippen molar-refractivity contribution in [2.24, 2.45) is 0 Å². The predicted molar refractivity (Wildman–Crippen MR) is 76.8 cm³/mol. The SMILES string of the molecule is COCCCNC(=O)CSCc1ccccc1C. The molecule has 0 aliphatic carbocycles. The number of rotatable bonds is 8. The molecule has 0 saturated carbocycles. The molecule has 18 heavy (non-hydrogen) atoms. The minimum Gasteiger partial charge on any atom is -0.385 e. The van der Waals surface area contributed by atoms with Crippen LogP contribution in [0.1, 0.15) is 17.5 Å². The fourth-order valence-corrected chi connectivity index (χ4v) is 2.45. The van der Waals surface area contributed by atoms with Crippen molar-refractivity contribution >= 4 is 17.7 Å². The number of nitrogens with one attached hydrogen (secondary N) is 1. The summed E-state index contributed by atoms with van der Waals surface area (Å²) in [5, 5.41) is 2.88. The van der Waals surface area contributed by atoms with Gasteiger partial charge in [0.05, 0.1) is 5.75 Å². The van der Waals surface area contributed by atoms with Gasteiger partial charge in [0.25, 0.3) is 0 Å². The third-order valence-corrected chi connectivity index (χ3v) is 3.58. The van der Waals surface area contributed by atoms with E-state index in [0.29, 0.717) is 18.9 Å². The summed E-state index contributed by atoms with van der Waals surface area (Å²) in [5.41, 5.74) is 2.58. The van der Waals surface area contributed by atoms with Gasteiger partial charge in [-0.25, -0.2) is 0 Å². The molecule has 1 aromatic carbocycles. The summed E-state index contributed by atoms with van der Waals surface area (Å²) in [7, 11) is 1.67. The van der Waals surface area contributed by atoms with Gasteiger partial charge in [0.15, 0.2) is 0 Å². The van der Waals surface area contributed by atoms with Crippen LogP contribution in [0.25, 0.3) is 0 Å². The molecule has 0 heterocycles. The fourth-order valence-electron chi connectivity index (χ4n) is 1.52. The molecule has 0 aliphatic heterocycles. The predicted octanol–water partition coefficient (Wildman–Crippen LogP) is 2.38. The first-order chi connectivity index (χ1) is 8.74. The van der Waals surface area contributed by atoms with Crippen LogP contribution >= 0.6 is 11.8 Å². The average molecular weight is 267 g/mol. The summed E-state index contributed by atoms with van der Waals surface area (Å²) in [5.74, 6) is 1.50. The van der Waals surface area contributed by atoms with Gasteiger partial charge in [0.2, 0.25) is 5.91 Å². The van der Waals surface area contributed by atoms with E-state index >= 15 is 0 Å². The molecule has 0 aromatic heterocycles. The van der Waals surface area contributed by atoms with Gasteiger partial charge in [-0.05, 0) is 24.5 Å². The first-order valence-corrected chi connectivity index (χ1v) is 7.27. The van der Waals surface area contributed by atoms with Crippen LogP contribution in [0.2, 0.25) is 0 Å². The second-order valence-electron chi connectivity index (χ2n) is 4.12. The van der Waals surface area contributed by atoms with Crippen molar-refractivity contribution < 1.29 is 9.53 Å². The zero-order valence-corrected chi connectivity index (χ0v) is 11.9. The third kappa shape index (κ3) is 6.07. The number of benzene rings is 1. The molecule has 4 heteroatoms. The van der Waals surface area contributed by atoms with Gasteiger partial charge in [-0.15, -0.1) is 11.8 Å². The van der Waals surface area contributed by atoms with Crippen LogP contribution in [0, 0.1) is 6.92 Å². The van der Waals surface area contributed by atoms with Crippen LogP contribution in [0.3, 0.4) is 0 Å². The van der Waals surface area contributed by atoms with Crippen molar-refractivity contribution in [1.29, 1.82) is 0 Å². The Morgan fingerprint density at radius 1 is 1.39 bits per heavy atom. The minimum absolute atomic E-state index is 0.102. The molecule has 1 amide bonds. The van der Waals surface area contributed by atoms with Crippen LogP contribution in [-0.2, 0) is 15.3 Å². The molecule has 1 rings (SSSR count). The third-order valence-electron chi connectivity index (χ3n) is 2.60. The summed E-state index contributed by atoms with van der Waals surface area (Å²) in [6.07, 6.45) is 0.866. The second-order valence-corrected chi connectivity index (χ2v) is 5.10. The van der Waals surface area contributed by atoms with E-state index in [2.05, 4.69) is 24.4 Å². The lowest BCUT2D eigenvalue weighted by molar-refractivity contribution is -0.118. The molecule has 1 aromatic rings. The lowest BCUT2D eigenvalue weighted by Gasteiger charge is -2.06. The Balaban J connectivity index is 2.14. The van der Waals surface area contributed by atoms with Crippen molar-refractivity contribution in [1.82, 2.24) is 5.32 Å². The number of ether oxygens (including phenoxy) is 1. The molecule has 0 unspecified atom stereocenters. The number of hydrogen-bond acceptors (Lipinski definition) is 3. The first kappa shape index (κ1) is 15.1. The van der Waals surface area contributed by atoms with Crippen molar-refractivity contribution in [3.05, 3.63) is 35.4 Å². The van der Waals surface area contributed by atoms with Gasteiger partial charge in [0, 0.05) is 26.0 Å². The van der Waals surface area contributed by atoms with Crippen molar-refractivity contribution in [3.8, 4) is 0 Å². The fraction of sp³-hybridized carbons (Fsp3) is 0.500. The van der Waals surface area contributed by atoms with E-state index in [9.17, 15) is 4.79 Å². The Labute approximate surface area is 113 Å². The summed E-state index contributed by atoms with van der Waals surface area (Å²) < 4.78 is 4.92. The van der Waals surface area contributed by atoms with E-state index < -0.39 is 0 Å². The molecule has 0 bridgehead atoms. The number of hydrogen-bond donors (Lipinski definition) is 1. The normalized spacial score (nSPS) is 10.3. The molecule has 0 atom stereocenters. The molecule has 0 fully saturated rings. The maximum atomic E-state index is 11.5. The first-order valence-electron chi connectivity index (χ1n) is 6.12. The molecule has 0 radical (unpaired) electrons.